The largest absolute Gasteiger partial charge is 0.355 e. The van der Waals surface area contributed by atoms with Crippen molar-refractivity contribution < 1.29 is 13.2 Å². The van der Waals surface area contributed by atoms with Gasteiger partial charge in [-0.05, 0) is 61.2 Å². The third-order valence-corrected chi connectivity index (χ3v) is 7.58. The highest BCUT2D eigenvalue weighted by molar-refractivity contribution is 7.92. The van der Waals surface area contributed by atoms with Gasteiger partial charge in [0, 0.05) is 16.6 Å². The Labute approximate surface area is 199 Å². The van der Waals surface area contributed by atoms with Crippen molar-refractivity contribution in [2.45, 2.75) is 24.7 Å². The zero-order valence-corrected chi connectivity index (χ0v) is 19.9. The van der Waals surface area contributed by atoms with Gasteiger partial charge in [-0.2, -0.15) is 0 Å². The summed E-state index contributed by atoms with van der Waals surface area (Å²) in [5, 5.41) is 3.93. The monoisotopic (exact) mass is 490 g/mol. The lowest BCUT2D eigenvalue weighted by atomic mass is 10.1. The van der Waals surface area contributed by atoms with Gasteiger partial charge in [0.2, 0.25) is 5.91 Å². The van der Waals surface area contributed by atoms with E-state index < -0.39 is 15.9 Å². The van der Waals surface area contributed by atoms with Gasteiger partial charge in [-0.15, -0.1) is 0 Å². The number of nitrogens with zero attached hydrogens (tertiary/aromatic N) is 1. The number of amides is 1. The summed E-state index contributed by atoms with van der Waals surface area (Å²) >= 11 is 12.4. The molecule has 8 heteroatoms. The van der Waals surface area contributed by atoms with Crippen molar-refractivity contribution in [1.82, 2.24) is 5.32 Å². The van der Waals surface area contributed by atoms with Gasteiger partial charge in [-0.1, -0.05) is 65.7 Å². The number of nitrogens with one attached hydrogen (secondary N) is 1. The van der Waals surface area contributed by atoms with Crippen molar-refractivity contribution in [3.05, 3.63) is 94.0 Å². The molecule has 0 saturated heterocycles. The van der Waals surface area contributed by atoms with Gasteiger partial charge in [-0.3, -0.25) is 9.10 Å². The van der Waals surface area contributed by atoms with Crippen LogP contribution in [0.15, 0.2) is 77.7 Å². The van der Waals surface area contributed by atoms with E-state index in [1.807, 2.05) is 24.3 Å². The molecule has 0 fully saturated rings. The molecule has 1 amide bonds. The standard InChI is InChI=1S/C24H24Cl2N2O3S/c1-18-21(25)14-7-15-23(18)28(32(30,31)20-11-3-2-4-12-20)17-24(29)27-16-8-10-19-9-5-6-13-22(19)26/h2-7,9,11-15H,8,10,16-17H2,1H3,(H,27,29). The molecule has 3 aromatic rings. The summed E-state index contributed by atoms with van der Waals surface area (Å²) in [5.41, 5.74) is 1.96. The van der Waals surface area contributed by atoms with Crippen molar-refractivity contribution >= 4 is 44.8 Å². The molecule has 0 aromatic heterocycles. The van der Waals surface area contributed by atoms with Crippen molar-refractivity contribution in [1.29, 1.82) is 0 Å². The molecule has 0 aliphatic heterocycles. The van der Waals surface area contributed by atoms with Crippen LogP contribution in [0.4, 0.5) is 5.69 Å². The molecule has 3 rings (SSSR count). The molecule has 168 valence electrons. The molecule has 3 aromatic carbocycles. The Morgan fingerprint density at radius 3 is 2.28 bits per heavy atom. The minimum Gasteiger partial charge on any atom is -0.355 e. The third kappa shape index (κ3) is 5.82. The number of benzene rings is 3. The van der Waals surface area contributed by atoms with E-state index in [1.165, 1.54) is 12.1 Å². The van der Waals surface area contributed by atoms with E-state index in [4.69, 9.17) is 23.2 Å². The lowest BCUT2D eigenvalue weighted by Crippen LogP contribution is -2.41. The second-order valence-electron chi connectivity index (χ2n) is 7.25. The highest BCUT2D eigenvalue weighted by Crippen LogP contribution is 2.30. The molecule has 0 bridgehead atoms. The van der Waals surface area contributed by atoms with Crippen LogP contribution in [-0.2, 0) is 21.2 Å². The van der Waals surface area contributed by atoms with Crippen LogP contribution >= 0.6 is 23.2 Å². The zero-order valence-electron chi connectivity index (χ0n) is 17.6. The van der Waals surface area contributed by atoms with Crippen LogP contribution in [0, 0.1) is 6.92 Å². The molecule has 32 heavy (non-hydrogen) atoms. The lowest BCUT2D eigenvalue weighted by molar-refractivity contribution is -0.119. The first kappa shape index (κ1) is 24.1. The Hall–Kier alpha value is -2.54. The van der Waals surface area contributed by atoms with E-state index in [-0.39, 0.29) is 11.4 Å². The number of aryl methyl sites for hydroxylation is 1. The topological polar surface area (TPSA) is 66.5 Å². The summed E-state index contributed by atoms with van der Waals surface area (Å²) in [6.45, 7) is 1.77. The minimum absolute atomic E-state index is 0.103. The van der Waals surface area contributed by atoms with Crippen molar-refractivity contribution in [3.8, 4) is 0 Å². The Kier molecular flexibility index (Phi) is 8.18. The van der Waals surface area contributed by atoms with Gasteiger partial charge in [0.1, 0.15) is 6.54 Å². The molecule has 0 aliphatic carbocycles. The summed E-state index contributed by atoms with van der Waals surface area (Å²) in [6, 6.07) is 20.6. The predicted molar refractivity (Wildman–Crippen MR) is 130 cm³/mol. The van der Waals surface area contributed by atoms with E-state index >= 15 is 0 Å². The summed E-state index contributed by atoms with van der Waals surface area (Å²) in [5.74, 6) is -0.400. The molecule has 0 heterocycles. The van der Waals surface area contributed by atoms with Crippen LogP contribution in [0.5, 0.6) is 0 Å². The van der Waals surface area contributed by atoms with Gasteiger partial charge in [0.25, 0.3) is 10.0 Å². The van der Waals surface area contributed by atoms with E-state index in [0.717, 1.165) is 9.87 Å². The first-order valence-corrected chi connectivity index (χ1v) is 12.3. The molecule has 5 nitrogen and oxygen atoms in total. The maximum absolute atomic E-state index is 13.4. The zero-order chi connectivity index (χ0) is 23.1. The molecule has 0 atom stereocenters. The molecule has 0 aliphatic rings. The van der Waals surface area contributed by atoms with E-state index in [9.17, 15) is 13.2 Å². The normalized spacial score (nSPS) is 11.2. The molecule has 0 spiro atoms. The van der Waals surface area contributed by atoms with Crippen LogP contribution in [0.3, 0.4) is 0 Å². The smallest absolute Gasteiger partial charge is 0.264 e. The Balaban J connectivity index is 1.75. The third-order valence-electron chi connectivity index (χ3n) is 5.03. The average Bonchev–Trinajstić information content (AvgIpc) is 2.79. The van der Waals surface area contributed by atoms with Crippen LogP contribution in [0.2, 0.25) is 10.0 Å². The number of hydrogen-bond acceptors (Lipinski definition) is 3. The number of hydrogen-bond donors (Lipinski definition) is 1. The van der Waals surface area contributed by atoms with E-state index in [1.54, 1.807) is 43.3 Å². The maximum Gasteiger partial charge on any atom is 0.264 e. The molecule has 0 radical (unpaired) electrons. The Morgan fingerprint density at radius 1 is 0.906 bits per heavy atom. The molecular weight excluding hydrogens is 467 g/mol. The van der Waals surface area contributed by atoms with Crippen molar-refractivity contribution in [2.75, 3.05) is 17.4 Å². The van der Waals surface area contributed by atoms with Gasteiger partial charge < -0.3 is 5.32 Å². The van der Waals surface area contributed by atoms with Crippen molar-refractivity contribution in [2.24, 2.45) is 0 Å². The molecule has 0 unspecified atom stereocenters. The maximum atomic E-state index is 13.4. The van der Waals surface area contributed by atoms with Crippen LogP contribution < -0.4 is 9.62 Å². The van der Waals surface area contributed by atoms with E-state index in [2.05, 4.69) is 5.32 Å². The molecular formula is C24H24Cl2N2O3S. The fraction of sp³-hybridized carbons (Fsp3) is 0.208. The number of carbonyl (C=O) groups is 1. The summed E-state index contributed by atoms with van der Waals surface area (Å²) in [6.07, 6.45) is 1.39. The second kappa shape index (κ2) is 10.9. The van der Waals surface area contributed by atoms with Gasteiger partial charge >= 0.3 is 0 Å². The predicted octanol–water partition coefficient (Wildman–Crippen LogP) is 5.25. The first-order valence-electron chi connectivity index (χ1n) is 10.1. The Morgan fingerprint density at radius 2 is 1.56 bits per heavy atom. The van der Waals surface area contributed by atoms with Crippen molar-refractivity contribution in [3.63, 3.8) is 0 Å². The minimum atomic E-state index is -3.97. The number of rotatable bonds is 9. The van der Waals surface area contributed by atoms with Crippen LogP contribution in [0.25, 0.3) is 0 Å². The Bertz CT molecular complexity index is 1180. The highest BCUT2D eigenvalue weighted by Gasteiger charge is 2.28. The number of halogens is 2. The quantitative estimate of drug-likeness (QED) is 0.416. The van der Waals surface area contributed by atoms with Crippen LogP contribution in [0.1, 0.15) is 17.5 Å². The summed E-state index contributed by atoms with van der Waals surface area (Å²) in [7, 11) is -3.97. The van der Waals surface area contributed by atoms with Gasteiger partial charge in [0.15, 0.2) is 0 Å². The van der Waals surface area contributed by atoms with Gasteiger partial charge in [0.05, 0.1) is 10.6 Å². The van der Waals surface area contributed by atoms with Gasteiger partial charge in [-0.25, -0.2) is 8.42 Å². The van der Waals surface area contributed by atoms with Crippen LogP contribution in [-0.4, -0.2) is 27.4 Å². The average molecular weight is 491 g/mol. The fourth-order valence-electron chi connectivity index (χ4n) is 3.28. The number of carbonyl (C=O) groups excluding carboxylic acids is 1. The number of anilines is 1. The lowest BCUT2D eigenvalue weighted by Gasteiger charge is -2.26. The fourth-order valence-corrected chi connectivity index (χ4v) is 5.18. The second-order valence-corrected chi connectivity index (χ2v) is 9.93. The first-order chi connectivity index (χ1) is 15.3. The van der Waals surface area contributed by atoms with E-state index in [0.29, 0.717) is 40.7 Å². The molecule has 1 N–H and O–H groups in total. The number of sulfonamides is 1. The summed E-state index contributed by atoms with van der Waals surface area (Å²) in [4.78, 5) is 12.8. The highest BCUT2D eigenvalue weighted by atomic mass is 35.5. The SMILES string of the molecule is Cc1c(Cl)cccc1N(CC(=O)NCCCc1ccccc1Cl)S(=O)(=O)c1ccccc1. The summed E-state index contributed by atoms with van der Waals surface area (Å²) < 4.78 is 27.8. The molecule has 0 saturated carbocycles.